The SMILES string of the molecule is CCCCCCCCCCCCOCCOCCOCCOCCOCCOCCOCCOCCOCCN(C)C(=O)OC(C)(C)C. The van der Waals surface area contributed by atoms with Crippen LogP contribution in [0.15, 0.2) is 0 Å². The van der Waals surface area contributed by atoms with Gasteiger partial charge in [0.25, 0.3) is 0 Å². The van der Waals surface area contributed by atoms with Crippen LogP contribution in [0.4, 0.5) is 4.79 Å². The number of carbonyl (C=O) groups excluding carboxylic acids is 1. The lowest BCUT2D eigenvalue weighted by Gasteiger charge is -2.24. The number of carbonyl (C=O) groups is 1. The smallest absolute Gasteiger partial charge is 0.410 e. The van der Waals surface area contributed by atoms with Crippen LogP contribution in [-0.4, -0.2) is 149 Å². The van der Waals surface area contributed by atoms with E-state index in [1.54, 1.807) is 7.05 Å². The molecular formula is C36H73NO11. The Kier molecular flexibility index (Phi) is 36.3. The molecule has 0 N–H and O–H groups in total. The normalized spacial score (nSPS) is 11.8. The highest BCUT2D eigenvalue weighted by molar-refractivity contribution is 5.67. The Bertz CT molecular complexity index is 652. The first-order valence-corrected chi connectivity index (χ1v) is 18.5. The Labute approximate surface area is 293 Å². The number of hydrogen-bond donors (Lipinski definition) is 0. The maximum atomic E-state index is 11.9. The van der Waals surface area contributed by atoms with Crippen molar-refractivity contribution in [2.45, 2.75) is 97.5 Å². The third-order valence-electron chi connectivity index (χ3n) is 6.89. The second-order valence-corrected chi connectivity index (χ2v) is 12.6. The van der Waals surface area contributed by atoms with Gasteiger partial charge in [-0.3, -0.25) is 0 Å². The van der Waals surface area contributed by atoms with Crippen molar-refractivity contribution in [2.24, 2.45) is 0 Å². The molecule has 0 aliphatic heterocycles. The van der Waals surface area contributed by atoms with Gasteiger partial charge in [0, 0.05) is 20.2 Å². The van der Waals surface area contributed by atoms with Gasteiger partial charge in [-0.05, 0) is 27.2 Å². The molecule has 288 valence electrons. The van der Waals surface area contributed by atoms with Crippen LogP contribution in [0.1, 0.15) is 91.9 Å². The second kappa shape index (κ2) is 37.2. The lowest BCUT2D eigenvalue weighted by Crippen LogP contribution is -2.36. The van der Waals surface area contributed by atoms with E-state index in [9.17, 15) is 4.79 Å². The molecule has 0 saturated carbocycles. The minimum atomic E-state index is -0.505. The summed E-state index contributed by atoms with van der Waals surface area (Å²) in [6.45, 7) is 17.9. The molecule has 0 atom stereocenters. The Hall–Kier alpha value is -1.09. The van der Waals surface area contributed by atoms with Crippen molar-refractivity contribution >= 4 is 6.09 Å². The van der Waals surface area contributed by atoms with Crippen LogP contribution in [0.25, 0.3) is 0 Å². The third-order valence-corrected chi connectivity index (χ3v) is 6.89. The fourth-order valence-electron chi connectivity index (χ4n) is 4.19. The maximum Gasteiger partial charge on any atom is 0.410 e. The average Bonchev–Trinajstić information content (AvgIpc) is 3.05. The molecule has 0 aliphatic carbocycles. The molecule has 0 spiro atoms. The summed E-state index contributed by atoms with van der Waals surface area (Å²) in [5, 5.41) is 0. The van der Waals surface area contributed by atoms with Crippen molar-refractivity contribution in [1.82, 2.24) is 4.90 Å². The van der Waals surface area contributed by atoms with Gasteiger partial charge in [-0.2, -0.15) is 0 Å². The van der Waals surface area contributed by atoms with E-state index in [2.05, 4.69) is 6.92 Å². The second-order valence-electron chi connectivity index (χ2n) is 12.6. The summed E-state index contributed by atoms with van der Waals surface area (Å²) in [6, 6.07) is 0. The number of hydrogen-bond acceptors (Lipinski definition) is 11. The molecule has 1 amide bonds. The highest BCUT2D eigenvalue weighted by Crippen LogP contribution is 2.11. The summed E-state index contributed by atoms with van der Waals surface area (Å²) in [5.74, 6) is 0. The van der Waals surface area contributed by atoms with Gasteiger partial charge >= 0.3 is 6.09 Å². The lowest BCUT2D eigenvalue weighted by atomic mass is 10.1. The van der Waals surface area contributed by atoms with Gasteiger partial charge < -0.3 is 52.3 Å². The van der Waals surface area contributed by atoms with E-state index in [4.69, 9.17) is 47.4 Å². The zero-order valence-corrected chi connectivity index (χ0v) is 31.4. The van der Waals surface area contributed by atoms with E-state index in [0.29, 0.717) is 119 Å². The fraction of sp³-hybridized carbons (Fsp3) is 0.972. The number of amides is 1. The van der Waals surface area contributed by atoms with E-state index in [-0.39, 0.29) is 6.09 Å². The highest BCUT2D eigenvalue weighted by atomic mass is 16.6. The van der Waals surface area contributed by atoms with E-state index >= 15 is 0 Å². The molecule has 0 fully saturated rings. The van der Waals surface area contributed by atoms with Gasteiger partial charge in [0.2, 0.25) is 0 Å². The Morgan fingerprint density at radius 1 is 0.417 bits per heavy atom. The maximum absolute atomic E-state index is 11.9. The van der Waals surface area contributed by atoms with Gasteiger partial charge in [-0.1, -0.05) is 64.7 Å². The summed E-state index contributed by atoms with van der Waals surface area (Å²) in [4.78, 5) is 13.4. The minimum absolute atomic E-state index is 0.359. The molecular weight excluding hydrogens is 622 g/mol. The Morgan fingerprint density at radius 2 is 0.688 bits per heavy atom. The van der Waals surface area contributed by atoms with Crippen LogP contribution in [0, 0.1) is 0 Å². The van der Waals surface area contributed by atoms with Crippen molar-refractivity contribution in [2.75, 3.05) is 133 Å². The van der Waals surface area contributed by atoms with Crippen LogP contribution in [0.5, 0.6) is 0 Å². The molecule has 0 aromatic heterocycles. The number of ether oxygens (including phenoxy) is 10. The van der Waals surface area contributed by atoms with E-state index in [1.807, 2.05) is 20.8 Å². The average molecular weight is 696 g/mol. The van der Waals surface area contributed by atoms with Crippen LogP contribution < -0.4 is 0 Å². The molecule has 0 aromatic carbocycles. The summed E-state index contributed by atoms with van der Waals surface area (Å²) in [5.41, 5.74) is -0.505. The Morgan fingerprint density at radius 3 is 1.00 bits per heavy atom. The van der Waals surface area contributed by atoms with Crippen molar-refractivity contribution < 1.29 is 52.2 Å². The van der Waals surface area contributed by atoms with Crippen molar-refractivity contribution in [3.63, 3.8) is 0 Å². The van der Waals surface area contributed by atoms with Gasteiger partial charge in [0.1, 0.15) is 5.60 Å². The Balaban J connectivity index is 3.13. The third kappa shape index (κ3) is 39.3. The molecule has 0 radical (unpaired) electrons. The van der Waals surface area contributed by atoms with Crippen molar-refractivity contribution in [3.8, 4) is 0 Å². The largest absolute Gasteiger partial charge is 0.444 e. The monoisotopic (exact) mass is 696 g/mol. The first-order chi connectivity index (χ1) is 23.4. The zero-order valence-electron chi connectivity index (χ0n) is 31.4. The molecule has 48 heavy (non-hydrogen) atoms. The standard InChI is InChI=1S/C36H73NO11/c1-6-7-8-9-10-11-12-13-14-15-17-39-19-21-41-23-25-43-27-29-45-31-33-47-34-32-46-30-28-44-26-24-42-22-20-40-18-16-37(5)35(38)48-36(2,3)4/h6-34H2,1-5H3. The first-order valence-electron chi connectivity index (χ1n) is 18.5. The topological polar surface area (TPSA) is 113 Å². The molecule has 12 heteroatoms. The molecule has 0 aromatic rings. The number of unbranched alkanes of at least 4 members (excludes halogenated alkanes) is 9. The lowest BCUT2D eigenvalue weighted by molar-refractivity contribution is -0.0254. The van der Waals surface area contributed by atoms with Crippen molar-refractivity contribution in [1.29, 1.82) is 0 Å². The van der Waals surface area contributed by atoms with Gasteiger partial charge in [0.05, 0.1) is 112 Å². The predicted octanol–water partition coefficient (Wildman–Crippen LogP) is 5.92. The molecule has 0 saturated heterocycles. The number of rotatable bonds is 38. The highest BCUT2D eigenvalue weighted by Gasteiger charge is 2.19. The number of likely N-dealkylation sites (N-methyl/N-ethyl adjacent to an activating group) is 1. The molecule has 0 aliphatic rings. The predicted molar refractivity (Wildman–Crippen MR) is 188 cm³/mol. The van der Waals surface area contributed by atoms with Gasteiger partial charge in [-0.25, -0.2) is 4.79 Å². The van der Waals surface area contributed by atoms with Crippen LogP contribution in [0.3, 0.4) is 0 Å². The fourth-order valence-corrected chi connectivity index (χ4v) is 4.19. The molecule has 12 nitrogen and oxygen atoms in total. The number of nitrogens with zero attached hydrogens (tertiary/aromatic N) is 1. The van der Waals surface area contributed by atoms with Crippen molar-refractivity contribution in [3.05, 3.63) is 0 Å². The molecule has 0 bridgehead atoms. The van der Waals surface area contributed by atoms with Gasteiger partial charge in [0.15, 0.2) is 0 Å². The summed E-state index contributed by atoms with van der Waals surface area (Å²) in [7, 11) is 1.69. The summed E-state index contributed by atoms with van der Waals surface area (Å²) < 4.78 is 54.9. The van der Waals surface area contributed by atoms with E-state index < -0.39 is 5.60 Å². The van der Waals surface area contributed by atoms with E-state index in [1.165, 1.54) is 62.7 Å². The van der Waals surface area contributed by atoms with Crippen LogP contribution >= 0.6 is 0 Å². The molecule has 0 heterocycles. The first kappa shape index (κ1) is 46.9. The summed E-state index contributed by atoms with van der Waals surface area (Å²) in [6.07, 6.45) is 13.0. The molecule has 0 unspecified atom stereocenters. The molecule has 0 rings (SSSR count). The van der Waals surface area contributed by atoms with Crippen LogP contribution in [-0.2, 0) is 47.4 Å². The van der Waals surface area contributed by atoms with E-state index in [0.717, 1.165) is 13.0 Å². The minimum Gasteiger partial charge on any atom is -0.444 e. The zero-order chi connectivity index (χ0) is 35.2. The summed E-state index contributed by atoms with van der Waals surface area (Å²) >= 11 is 0. The quantitative estimate of drug-likeness (QED) is 0.0718. The van der Waals surface area contributed by atoms with Crippen LogP contribution in [0.2, 0.25) is 0 Å². The van der Waals surface area contributed by atoms with Gasteiger partial charge in [-0.15, -0.1) is 0 Å².